The van der Waals surface area contributed by atoms with Crippen molar-refractivity contribution >= 4 is 34.1 Å². The number of benzene rings is 22. The highest BCUT2D eigenvalue weighted by atomic mass is 15.2. The van der Waals surface area contributed by atoms with Crippen LogP contribution in [-0.4, -0.2) is 0 Å². The topological polar surface area (TPSA) is 6.48 Å². The van der Waals surface area contributed by atoms with Crippen LogP contribution in [-0.2, 0) is 32.5 Å². The van der Waals surface area contributed by atoms with Gasteiger partial charge in [0.1, 0.15) is 0 Å². The Morgan fingerprint density at radius 1 is 0.132 bits per heavy atom. The zero-order chi connectivity index (χ0) is 95.8. The minimum atomic E-state index is -0.669. The van der Waals surface area contributed by atoms with E-state index in [0.717, 1.165) is 50.8 Å². The fourth-order valence-electron chi connectivity index (χ4n) is 27.2. The van der Waals surface area contributed by atoms with Gasteiger partial charge in [-0.05, 0) is 285 Å². The molecule has 0 aliphatic heterocycles. The number of nitrogens with zero attached hydrogens (tertiary/aromatic N) is 2. The highest BCUT2D eigenvalue weighted by Gasteiger charge is 2.53. The van der Waals surface area contributed by atoms with Crippen LogP contribution < -0.4 is 9.80 Å². The van der Waals surface area contributed by atoms with Gasteiger partial charge in [-0.3, -0.25) is 0 Å². The molecule has 0 bridgehead atoms. The van der Waals surface area contributed by atoms with Gasteiger partial charge >= 0.3 is 0 Å². The van der Waals surface area contributed by atoms with E-state index in [-0.39, 0.29) is 10.8 Å². The quantitative estimate of drug-likeness (QED) is 0.0896. The van der Waals surface area contributed by atoms with Gasteiger partial charge in [0, 0.05) is 44.7 Å². The number of anilines is 6. The molecule has 2 nitrogen and oxygen atoms in total. The molecule has 6 aliphatic rings. The molecule has 144 heavy (non-hydrogen) atoms. The third-order valence-electron chi connectivity index (χ3n) is 33.4. The summed E-state index contributed by atoms with van der Waals surface area (Å²) < 4.78 is 0. The molecular weight excluding hydrogens is 1730 g/mol. The Labute approximate surface area is 843 Å². The molecule has 0 spiro atoms. The van der Waals surface area contributed by atoms with Crippen molar-refractivity contribution in [1.29, 1.82) is 0 Å². The lowest BCUT2D eigenvalue weighted by Gasteiger charge is -2.34. The maximum absolute atomic E-state index is 2.57. The fourth-order valence-corrected chi connectivity index (χ4v) is 27.2. The first-order valence-electron chi connectivity index (χ1n) is 50.7. The van der Waals surface area contributed by atoms with Gasteiger partial charge in [-0.25, -0.2) is 0 Å². The SMILES string of the molecule is CC1(C)c2ccccc2-c2ccc(N(c3ccc(-c4ccc5c(c4)-c4ccccc4C5(c4ccccc4)c4cccc(-c5ccc6c(c5)-c5ccc(N(c7ccc(-c8ccc9c(c8)C(c8ccccc8)(c8ccccc8)c8ccccc8-9)cc7)c7cccc8c7-c7ccccc7C8(c7ccccc7)c7ccccc7)cc5C6(C)C)c4)cc3)c3cccc4c3-c3ccccc3C4(c3ccccc3)c3ccccc3)cc21. The first-order chi connectivity index (χ1) is 70.9. The van der Waals surface area contributed by atoms with Crippen LogP contribution in [0.3, 0.4) is 0 Å². The van der Waals surface area contributed by atoms with E-state index in [1.54, 1.807) is 0 Å². The van der Waals surface area contributed by atoms with Crippen molar-refractivity contribution in [3.63, 3.8) is 0 Å². The molecule has 1 atom stereocenters. The maximum atomic E-state index is 2.57. The van der Waals surface area contributed by atoms with Crippen molar-refractivity contribution in [2.24, 2.45) is 0 Å². The molecule has 0 N–H and O–H groups in total. The summed E-state index contributed by atoms with van der Waals surface area (Å²) in [6.07, 6.45) is 0. The summed E-state index contributed by atoms with van der Waals surface area (Å²) >= 11 is 0. The van der Waals surface area contributed by atoms with Crippen LogP contribution in [0.4, 0.5) is 34.1 Å². The highest BCUT2D eigenvalue weighted by molar-refractivity contribution is 6.02. The predicted molar refractivity (Wildman–Crippen MR) is 596 cm³/mol. The summed E-state index contributed by atoms with van der Waals surface area (Å²) in [5.74, 6) is 0. The molecule has 6 aliphatic carbocycles. The van der Waals surface area contributed by atoms with Gasteiger partial charge in [0.25, 0.3) is 0 Å². The molecule has 0 amide bonds. The summed E-state index contributed by atoms with van der Waals surface area (Å²) in [5.41, 5.74) is 51.1. The minimum Gasteiger partial charge on any atom is -0.310 e. The highest BCUT2D eigenvalue weighted by Crippen LogP contribution is 2.66. The summed E-state index contributed by atoms with van der Waals surface area (Å²) in [4.78, 5) is 5.11. The van der Waals surface area contributed by atoms with Gasteiger partial charge in [-0.15, -0.1) is 0 Å². The van der Waals surface area contributed by atoms with E-state index in [0.29, 0.717) is 0 Å². The average Bonchev–Trinajstić information content (AvgIpc) is 1.55. The van der Waals surface area contributed by atoms with Crippen LogP contribution in [0.2, 0.25) is 0 Å². The number of hydrogen-bond donors (Lipinski definition) is 0. The number of fused-ring (bicyclic) bond motifs is 18. The summed E-state index contributed by atoms with van der Waals surface area (Å²) in [5, 5.41) is 0. The van der Waals surface area contributed by atoms with E-state index in [1.807, 2.05) is 0 Å². The van der Waals surface area contributed by atoms with E-state index in [9.17, 15) is 0 Å². The molecular formula is C142H100N2. The van der Waals surface area contributed by atoms with Crippen molar-refractivity contribution in [3.8, 4) is 100 Å². The van der Waals surface area contributed by atoms with Crippen LogP contribution in [0.5, 0.6) is 0 Å². The van der Waals surface area contributed by atoms with Crippen molar-refractivity contribution in [3.05, 3.63) is 645 Å². The van der Waals surface area contributed by atoms with Gasteiger partial charge in [0.15, 0.2) is 0 Å². The first-order valence-corrected chi connectivity index (χ1v) is 50.7. The molecule has 0 aromatic heterocycles. The lowest BCUT2D eigenvalue weighted by atomic mass is 9.67. The van der Waals surface area contributed by atoms with Crippen LogP contribution in [0.15, 0.2) is 534 Å². The molecule has 0 saturated carbocycles. The third-order valence-corrected chi connectivity index (χ3v) is 33.4. The summed E-state index contributed by atoms with van der Waals surface area (Å²) in [7, 11) is 0. The third kappa shape index (κ3) is 12.1. The zero-order valence-corrected chi connectivity index (χ0v) is 80.7. The minimum absolute atomic E-state index is 0.218. The first kappa shape index (κ1) is 84.5. The van der Waals surface area contributed by atoms with Crippen molar-refractivity contribution in [2.75, 3.05) is 9.80 Å². The standard InChI is InChI=1S/C142H100N2/c1-137(2)121-60-31-26-55-111(121)114-83-80-109(91-130(114)137)143(133-67-37-65-128-135(133)117-58-29-34-63-125(117)139(128,99-40-12-5-13-41-99)100-42-14-6-15-43-100)107-76-69-93(70-77-107)96-75-86-127-120(88-96)113-57-28-33-62-124(113)142(127,105-52-24-11-25-53-105)106-54-36-39-95(87-106)97-74-85-122-119(89-97)116-84-81-110(92-131(116)138(122,3)4)144(134-68-38-66-129-136(134)118-59-30-35-64-126(118)140(129,101-44-16-7-17-45-101)102-46-18-8-19-47-102)108-78-71-94(72-79-108)98-73-82-115-112-56-27-32-61-123(112)141(132(115)90-98,103-48-20-9-21-49-103)104-50-22-10-23-51-104/h5-92H,1-4H3. The number of hydrogen-bond acceptors (Lipinski definition) is 2. The van der Waals surface area contributed by atoms with E-state index >= 15 is 0 Å². The lowest BCUT2D eigenvalue weighted by Crippen LogP contribution is -2.28. The van der Waals surface area contributed by atoms with Crippen molar-refractivity contribution in [2.45, 2.75) is 60.2 Å². The Kier molecular flexibility index (Phi) is 19.1. The van der Waals surface area contributed by atoms with Crippen molar-refractivity contribution < 1.29 is 0 Å². The largest absolute Gasteiger partial charge is 0.310 e. The van der Waals surface area contributed by atoms with E-state index < -0.39 is 21.7 Å². The molecule has 0 heterocycles. The molecule has 2 heteroatoms. The van der Waals surface area contributed by atoms with E-state index in [4.69, 9.17) is 0 Å². The van der Waals surface area contributed by atoms with E-state index in [1.165, 1.54) is 195 Å². The lowest BCUT2D eigenvalue weighted by molar-refractivity contribution is 0.660. The van der Waals surface area contributed by atoms with Gasteiger partial charge in [-0.1, -0.05) is 477 Å². The molecule has 22 aromatic rings. The second kappa shape index (κ2) is 32.5. The zero-order valence-electron chi connectivity index (χ0n) is 80.7. The molecule has 1 unspecified atom stereocenters. The predicted octanol–water partition coefficient (Wildman–Crippen LogP) is 35.7. The Hall–Kier alpha value is -17.6. The van der Waals surface area contributed by atoms with Gasteiger partial charge in [0.05, 0.1) is 33.0 Å². The number of rotatable bonds is 17. The van der Waals surface area contributed by atoms with E-state index in [2.05, 4.69) is 571 Å². The second-order valence-electron chi connectivity index (χ2n) is 41.0. The van der Waals surface area contributed by atoms with Crippen LogP contribution in [0.1, 0.15) is 139 Å². The Morgan fingerprint density at radius 3 is 0.799 bits per heavy atom. The van der Waals surface area contributed by atoms with Crippen LogP contribution in [0, 0.1) is 0 Å². The average molecular weight is 1830 g/mol. The fraction of sp³-hybridized carbons (Fsp3) is 0.0704. The van der Waals surface area contributed by atoms with Gasteiger partial charge in [-0.2, -0.15) is 0 Å². The summed E-state index contributed by atoms with van der Waals surface area (Å²) in [6, 6.07) is 203. The molecule has 0 fully saturated rings. The second-order valence-corrected chi connectivity index (χ2v) is 41.0. The Morgan fingerprint density at radius 2 is 0.375 bits per heavy atom. The Bertz CT molecular complexity index is 8790. The van der Waals surface area contributed by atoms with Crippen LogP contribution >= 0.6 is 0 Å². The molecule has 0 radical (unpaired) electrons. The maximum Gasteiger partial charge on any atom is 0.0714 e. The van der Waals surface area contributed by atoms with Gasteiger partial charge in [0.2, 0.25) is 0 Å². The molecule has 0 saturated heterocycles. The molecule has 678 valence electrons. The monoisotopic (exact) mass is 1830 g/mol. The smallest absolute Gasteiger partial charge is 0.0714 e. The summed E-state index contributed by atoms with van der Waals surface area (Å²) in [6.45, 7) is 9.66. The Balaban J connectivity index is 0.554. The van der Waals surface area contributed by atoms with Crippen molar-refractivity contribution in [1.82, 2.24) is 0 Å². The normalized spacial score (nSPS) is 15.4. The molecule has 22 aromatic carbocycles. The van der Waals surface area contributed by atoms with Gasteiger partial charge < -0.3 is 9.80 Å². The van der Waals surface area contributed by atoms with Crippen LogP contribution in [0.25, 0.3) is 100 Å². The molecule has 28 rings (SSSR count).